The maximum absolute atomic E-state index is 13.1. The average molecular weight is 418 g/mol. The summed E-state index contributed by atoms with van der Waals surface area (Å²) >= 11 is 12.5. The zero-order valence-corrected chi connectivity index (χ0v) is 16.1. The summed E-state index contributed by atoms with van der Waals surface area (Å²) in [4.78, 5) is 5.40. The van der Waals surface area contributed by atoms with E-state index in [9.17, 15) is 4.39 Å². The van der Waals surface area contributed by atoms with Crippen molar-refractivity contribution in [1.29, 1.82) is 10.8 Å². The number of rotatable bonds is 2. The van der Waals surface area contributed by atoms with Gasteiger partial charge in [0, 0.05) is 12.1 Å². The number of hydrogen-bond acceptors (Lipinski definition) is 5. The quantitative estimate of drug-likeness (QED) is 0.486. The van der Waals surface area contributed by atoms with Gasteiger partial charge >= 0.3 is 0 Å². The standard InChI is InChI=1S/C18H14Cl2FN7/c1-9-8-27(15(22)13-6-5-10(21)7-24-13)16(23)18-26-25-17(28(9)18)11-3-2-4-12(19)14(11)20/h2-7,9,22-23H,8H2,1H3. The van der Waals surface area contributed by atoms with Crippen LogP contribution < -0.4 is 0 Å². The predicted octanol–water partition coefficient (Wildman–Crippen LogP) is 4.01. The van der Waals surface area contributed by atoms with Crippen LogP contribution in [0.25, 0.3) is 11.4 Å². The molecule has 28 heavy (non-hydrogen) atoms. The second kappa shape index (κ2) is 6.96. The van der Waals surface area contributed by atoms with Crippen molar-refractivity contribution in [3.8, 4) is 11.4 Å². The molecule has 1 unspecified atom stereocenters. The normalized spacial score (nSPS) is 16.2. The second-order valence-electron chi connectivity index (χ2n) is 6.34. The fourth-order valence-corrected chi connectivity index (χ4v) is 3.53. The summed E-state index contributed by atoms with van der Waals surface area (Å²) in [5, 5.41) is 26.0. The third-order valence-electron chi connectivity index (χ3n) is 4.50. The first-order chi connectivity index (χ1) is 13.4. The lowest BCUT2D eigenvalue weighted by atomic mass is 10.1. The van der Waals surface area contributed by atoms with E-state index in [1.807, 2.05) is 11.5 Å². The molecular weight excluding hydrogens is 404 g/mol. The third-order valence-corrected chi connectivity index (χ3v) is 5.32. The van der Waals surface area contributed by atoms with E-state index in [0.717, 1.165) is 6.20 Å². The summed E-state index contributed by atoms with van der Waals surface area (Å²) in [7, 11) is 0. The van der Waals surface area contributed by atoms with Gasteiger partial charge in [-0.25, -0.2) is 9.37 Å². The first kappa shape index (κ1) is 18.5. The van der Waals surface area contributed by atoms with E-state index in [4.69, 9.17) is 34.0 Å². The molecule has 0 amide bonds. The van der Waals surface area contributed by atoms with Gasteiger partial charge in [0.05, 0.1) is 22.3 Å². The summed E-state index contributed by atoms with van der Waals surface area (Å²) in [6.07, 6.45) is 1.04. The molecule has 3 aromatic rings. The predicted molar refractivity (Wildman–Crippen MR) is 105 cm³/mol. The van der Waals surface area contributed by atoms with Gasteiger partial charge in [-0.15, -0.1) is 10.2 Å². The summed E-state index contributed by atoms with van der Waals surface area (Å²) in [5.74, 6) is 0.323. The van der Waals surface area contributed by atoms with Gasteiger partial charge in [0.2, 0.25) is 0 Å². The molecule has 1 aliphatic heterocycles. The molecule has 7 nitrogen and oxygen atoms in total. The van der Waals surface area contributed by atoms with E-state index in [1.165, 1.54) is 17.0 Å². The molecule has 0 radical (unpaired) electrons. The molecule has 1 aromatic carbocycles. The second-order valence-corrected chi connectivity index (χ2v) is 7.12. The topological polar surface area (TPSA) is 94.5 Å². The van der Waals surface area contributed by atoms with Crippen molar-refractivity contribution < 1.29 is 4.39 Å². The SMILES string of the molecule is CC1CN(C(=N)c2ccc(F)cn2)C(=N)c2nnc(-c3cccc(Cl)c3Cl)n21. The third kappa shape index (κ3) is 2.94. The molecule has 1 aliphatic rings. The van der Waals surface area contributed by atoms with E-state index < -0.39 is 5.82 Å². The van der Waals surface area contributed by atoms with Gasteiger partial charge in [-0.05, 0) is 31.2 Å². The molecule has 0 spiro atoms. The van der Waals surface area contributed by atoms with Gasteiger partial charge in [0.15, 0.2) is 23.3 Å². The minimum absolute atomic E-state index is 0.00567. The Morgan fingerprint density at radius 1 is 1.18 bits per heavy atom. The maximum atomic E-state index is 13.1. The highest BCUT2D eigenvalue weighted by Crippen LogP contribution is 2.35. The van der Waals surface area contributed by atoms with Crippen LogP contribution in [-0.2, 0) is 0 Å². The minimum Gasteiger partial charge on any atom is -0.305 e. The van der Waals surface area contributed by atoms with Crippen LogP contribution >= 0.6 is 23.2 Å². The van der Waals surface area contributed by atoms with Gasteiger partial charge in [0.1, 0.15) is 11.5 Å². The van der Waals surface area contributed by atoms with Crippen LogP contribution in [0.3, 0.4) is 0 Å². The molecule has 2 N–H and O–H groups in total. The number of fused-ring (bicyclic) bond motifs is 1. The van der Waals surface area contributed by atoms with Crippen molar-refractivity contribution in [2.75, 3.05) is 6.54 Å². The Kier molecular flexibility index (Phi) is 4.60. The monoisotopic (exact) mass is 417 g/mol. The number of amidine groups is 2. The Morgan fingerprint density at radius 2 is 1.93 bits per heavy atom. The molecule has 0 saturated heterocycles. The minimum atomic E-state index is -0.485. The fourth-order valence-electron chi connectivity index (χ4n) is 3.15. The zero-order chi connectivity index (χ0) is 20.0. The highest BCUT2D eigenvalue weighted by Gasteiger charge is 2.34. The number of benzene rings is 1. The van der Waals surface area contributed by atoms with E-state index >= 15 is 0 Å². The molecule has 1 atom stereocenters. The average Bonchev–Trinajstić information content (AvgIpc) is 3.13. The summed E-state index contributed by atoms with van der Waals surface area (Å²) in [6, 6.07) is 7.72. The Balaban J connectivity index is 1.73. The van der Waals surface area contributed by atoms with Crippen molar-refractivity contribution in [1.82, 2.24) is 24.6 Å². The van der Waals surface area contributed by atoms with Crippen LogP contribution in [0.2, 0.25) is 10.0 Å². The summed E-state index contributed by atoms with van der Waals surface area (Å²) in [5.41, 5.74) is 0.890. The Labute approximate surface area is 169 Å². The molecule has 3 heterocycles. The summed E-state index contributed by atoms with van der Waals surface area (Å²) < 4.78 is 14.9. The van der Waals surface area contributed by atoms with E-state index in [1.54, 1.807) is 18.2 Å². The van der Waals surface area contributed by atoms with Crippen molar-refractivity contribution >= 4 is 34.9 Å². The van der Waals surface area contributed by atoms with Crippen LogP contribution in [0.1, 0.15) is 24.5 Å². The number of pyridine rings is 1. The molecule has 10 heteroatoms. The Bertz CT molecular complexity index is 1090. The molecule has 0 fully saturated rings. The van der Waals surface area contributed by atoms with E-state index in [0.29, 0.717) is 33.8 Å². The van der Waals surface area contributed by atoms with Crippen molar-refractivity contribution in [3.63, 3.8) is 0 Å². The Hall–Kier alpha value is -2.84. The van der Waals surface area contributed by atoms with Gasteiger partial charge in [0.25, 0.3) is 0 Å². The van der Waals surface area contributed by atoms with Gasteiger partial charge in [-0.2, -0.15) is 0 Å². The Morgan fingerprint density at radius 3 is 2.64 bits per heavy atom. The van der Waals surface area contributed by atoms with Crippen LogP contribution in [0.15, 0.2) is 36.5 Å². The molecule has 2 aromatic heterocycles. The maximum Gasteiger partial charge on any atom is 0.200 e. The van der Waals surface area contributed by atoms with Crippen LogP contribution in [0.5, 0.6) is 0 Å². The van der Waals surface area contributed by atoms with E-state index in [-0.39, 0.29) is 23.4 Å². The van der Waals surface area contributed by atoms with Crippen molar-refractivity contribution in [2.24, 2.45) is 0 Å². The molecular formula is C18H14Cl2FN7. The summed E-state index contributed by atoms with van der Waals surface area (Å²) in [6.45, 7) is 2.26. The van der Waals surface area contributed by atoms with Crippen molar-refractivity contribution in [3.05, 3.63) is 63.9 Å². The lowest BCUT2D eigenvalue weighted by molar-refractivity contribution is 0.413. The van der Waals surface area contributed by atoms with Gasteiger partial charge < -0.3 is 4.90 Å². The van der Waals surface area contributed by atoms with Crippen LogP contribution in [0, 0.1) is 16.6 Å². The number of nitrogens with zero attached hydrogens (tertiary/aromatic N) is 5. The smallest absolute Gasteiger partial charge is 0.200 e. The number of nitrogens with one attached hydrogen (secondary N) is 2. The molecule has 142 valence electrons. The highest BCUT2D eigenvalue weighted by atomic mass is 35.5. The lowest BCUT2D eigenvalue weighted by Crippen LogP contribution is -2.46. The van der Waals surface area contributed by atoms with Gasteiger partial charge in [-0.1, -0.05) is 29.3 Å². The van der Waals surface area contributed by atoms with E-state index in [2.05, 4.69) is 15.2 Å². The van der Waals surface area contributed by atoms with Crippen molar-refractivity contribution in [2.45, 2.75) is 13.0 Å². The molecule has 0 bridgehead atoms. The zero-order valence-electron chi connectivity index (χ0n) is 14.6. The number of halogens is 3. The molecule has 0 aliphatic carbocycles. The largest absolute Gasteiger partial charge is 0.305 e. The first-order valence-corrected chi connectivity index (χ1v) is 9.10. The molecule has 4 rings (SSSR count). The number of aromatic nitrogens is 4. The van der Waals surface area contributed by atoms with Gasteiger partial charge in [-0.3, -0.25) is 15.4 Å². The molecule has 0 saturated carbocycles. The first-order valence-electron chi connectivity index (χ1n) is 8.34. The van der Waals surface area contributed by atoms with Crippen LogP contribution in [-0.4, -0.2) is 42.9 Å². The van der Waals surface area contributed by atoms with Crippen LogP contribution in [0.4, 0.5) is 4.39 Å². The number of hydrogen-bond donors (Lipinski definition) is 2. The highest BCUT2D eigenvalue weighted by molar-refractivity contribution is 6.43. The fraction of sp³-hybridized carbons (Fsp3) is 0.167. The lowest BCUT2D eigenvalue weighted by Gasteiger charge is -2.34.